The molecule has 0 N–H and O–H groups in total. The molecule has 1 aromatic heterocycles. The number of amides is 1. The normalized spacial score (nSPS) is 14.7. The van der Waals surface area contributed by atoms with Gasteiger partial charge in [-0.25, -0.2) is 0 Å². The maximum atomic E-state index is 11.6. The van der Waals surface area contributed by atoms with Crippen LogP contribution >= 0.6 is 11.8 Å². The molecule has 1 fully saturated rings. The second-order valence-electron chi connectivity index (χ2n) is 5.32. The summed E-state index contributed by atoms with van der Waals surface area (Å²) in [5.41, 5.74) is 1.35. The van der Waals surface area contributed by atoms with Crippen molar-refractivity contribution in [1.29, 1.82) is 0 Å². The first-order valence-corrected chi connectivity index (χ1v) is 8.57. The molecule has 1 aliphatic rings. The largest absolute Gasteiger partial charge is 0.414 e. The van der Waals surface area contributed by atoms with Crippen LogP contribution in [-0.4, -0.2) is 33.3 Å². The Bertz CT molecular complexity index is 615. The van der Waals surface area contributed by atoms with Crippen molar-refractivity contribution < 1.29 is 9.21 Å². The number of benzene rings is 1. The molecule has 0 spiro atoms. The van der Waals surface area contributed by atoms with Crippen LogP contribution in [0.15, 0.2) is 40.0 Å². The molecule has 0 radical (unpaired) electrons. The number of rotatable bonds is 7. The van der Waals surface area contributed by atoms with Crippen molar-refractivity contribution in [3.05, 3.63) is 41.8 Å². The predicted octanol–water partition coefficient (Wildman–Crippen LogP) is 2.92. The van der Waals surface area contributed by atoms with E-state index >= 15 is 0 Å². The molecule has 116 valence electrons. The van der Waals surface area contributed by atoms with Crippen LogP contribution in [0.25, 0.3) is 0 Å². The molecule has 2 aromatic rings. The minimum absolute atomic E-state index is 0.176. The smallest absolute Gasteiger partial charge is 0.276 e. The average Bonchev–Trinajstić information content (AvgIpc) is 3.15. The van der Waals surface area contributed by atoms with E-state index in [0.29, 0.717) is 24.1 Å². The zero-order valence-electron chi connectivity index (χ0n) is 12.4. The van der Waals surface area contributed by atoms with Crippen LogP contribution in [0, 0.1) is 0 Å². The second-order valence-corrected chi connectivity index (χ2v) is 6.36. The molecule has 0 bridgehead atoms. The van der Waals surface area contributed by atoms with Gasteiger partial charge in [-0.15, -0.1) is 10.2 Å². The van der Waals surface area contributed by atoms with Crippen LogP contribution in [0.1, 0.15) is 30.7 Å². The molecule has 1 aliphatic heterocycles. The van der Waals surface area contributed by atoms with Gasteiger partial charge in [-0.05, 0) is 24.8 Å². The van der Waals surface area contributed by atoms with E-state index in [9.17, 15) is 4.79 Å². The number of likely N-dealkylation sites (tertiary alicyclic amines) is 1. The van der Waals surface area contributed by atoms with Gasteiger partial charge in [0.1, 0.15) is 0 Å². The fraction of sp³-hybridized carbons (Fsp3) is 0.438. The van der Waals surface area contributed by atoms with Crippen molar-refractivity contribution >= 4 is 17.7 Å². The molecule has 5 nitrogen and oxygen atoms in total. The minimum Gasteiger partial charge on any atom is -0.414 e. The van der Waals surface area contributed by atoms with E-state index in [1.54, 1.807) is 16.7 Å². The third kappa shape index (κ3) is 4.10. The summed E-state index contributed by atoms with van der Waals surface area (Å²) >= 11 is 1.58. The number of thioether (sulfide) groups is 1. The Morgan fingerprint density at radius 2 is 2.09 bits per heavy atom. The van der Waals surface area contributed by atoms with E-state index in [4.69, 9.17) is 4.42 Å². The number of hydrogen-bond acceptors (Lipinski definition) is 5. The highest BCUT2D eigenvalue weighted by molar-refractivity contribution is 7.99. The highest BCUT2D eigenvalue weighted by Crippen LogP contribution is 2.20. The Kier molecular flexibility index (Phi) is 5.11. The van der Waals surface area contributed by atoms with Crippen LogP contribution < -0.4 is 0 Å². The summed E-state index contributed by atoms with van der Waals surface area (Å²) in [6.07, 6.45) is 3.68. The zero-order chi connectivity index (χ0) is 15.2. The summed E-state index contributed by atoms with van der Waals surface area (Å²) in [7, 11) is 0. The first-order valence-electron chi connectivity index (χ1n) is 7.58. The lowest BCUT2D eigenvalue weighted by Gasteiger charge is -2.11. The van der Waals surface area contributed by atoms with Crippen molar-refractivity contribution in [3.8, 4) is 0 Å². The maximum absolute atomic E-state index is 11.6. The van der Waals surface area contributed by atoms with Crippen molar-refractivity contribution in [2.45, 2.75) is 37.5 Å². The van der Waals surface area contributed by atoms with E-state index < -0.39 is 0 Å². The highest BCUT2D eigenvalue weighted by atomic mass is 32.2. The molecule has 0 aliphatic carbocycles. The predicted molar refractivity (Wildman–Crippen MR) is 84.4 cm³/mol. The summed E-state index contributed by atoms with van der Waals surface area (Å²) in [5.74, 6) is 1.65. The maximum Gasteiger partial charge on any atom is 0.276 e. The van der Waals surface area contributed by atoms with Gasteiger partial charge in [0.15, 0.2) is 0 Å². The topological polar surface area (TPSA) is 59.2 Å². The fourth-order valence-corrected chi connectivity index (χ4v) is 3.19. The minimum atomic E-state index is 0.176. The molecule has 2 heterocycles. The lowest BCUT2D eigenvalue weighted by molar-refractivity contribution is -0.128. The van der Waals surface area contributed by atoms with E-state index in [1.165, 1.54) is 5.56 Å². The SMILES string of the molecule is O=C1CCCN1Cc1nnc(SCCCc2ccccc2)o1. The Morgan fingerprint density at radius 1 is 1.23 bits per heavy atom. The number of aromatic nitrogens is 2. The van der Waals surface area contributed by atoms with Crippen LogP contribution in [0.5, 0.6) is 0 Å². The van der Waals surface area contributed by atoms with E-state index in [1.807, 2.05) is 6.07 Å². The monoisotopic (exact) mass is 317 g/mol. The fourth-order valence-electron chi connectivity index (χ4n) is 2.48. The first kappa shape index (κ1) is 15.1. The van der Waals surface area contributed by atoms with Crippen LogP contribution in [-0.2, 0) is 17.8 Å². The molecule has 6 heteroatoms. The summed E-state index contributed by atoms with van der Waals surface area (Å²) in [4.78, 5) is 13.3. The van der Waals surface area contributed by atoms with Gasteiger partial charge in [-0.2, -0.15) is 0 Å². The van der Waals surface area contributed by atoms with Crippen molar-refractivity contribution in [2.75, 3.05) is 12.3 Å². The van der Waals surface area contributed by atoms with Gasteiger partial charge in [-0.3, -0.25) is 4.79 Å². The average molecular weight is 317 g/mol. The molecule has 0 saturated carbocycles. The first-order chi connectivity index (χ1) is 10.8. The van der Waals surface area contributed by atoms with Gasteiger partial charge in [-0.1, -0.05) is 42.1 Å². The van der Waals surface area contributed by atoms with Gasteiger partial charge in [0.05, 0.1) is 6.54 Å². The molecule has 1 saturated heterocycles. The van der Waals surface area contributed by atoms with Crippen LogP contribution in [0.3, 0.4) is 0 Å². The summed E-state index contributed by atoms with van der Waals surface area (Å²) in [6, 6.07) is 10.4. The molecule has 0 unspecified atom stereocenters. The lowest BCUT2D eigenvalue weighted by Crippen LogP contribution is -2.23. The number of hydrogen-bond donors (Lipinski definition) is 0. The standard InChI is InChI=1S/C16H19N3O2S/c20-15-9-4-10-19(15)12-14-17-18-16(21-14)22-11-5-8-13-6-2-1-3-7-13/h1-3,6-7H,4-5,8-12H2. The van der Waals surface area contributed by atoms with Gasteiger partial charge >= 0.3 is 0 Å². The van der Waals surface area contributed by atoms with E-state index in [-0.39, 0.29) is 5.91 Å². The lowest BCUT2D eigenvalue weighted by atomic mass is 10.1. The van der Waals surface area contributed by atoms with Crippen molar-refractivity contribution in [3.63, 3.8) is 0 Å². The van der Waals surface area contributed by atoms with E-state index in [2.05, 4.69) is 34.5 Å². The van der Waals surface area contributed by atoms with Gasteiger partial charge in [0.2, 0.25) is 11.8 Å². The Morgan fingerprint density at radius 3 is 2.86 bits per heavy atom. The third-order valence-corrected chi connectivity index (χ3v) is 4.53. The van der Waals surface area contributed by atoms with Gasteiger partial charge in [0.25, 0.3) is 5.22 Å². The molecule has 3 rings (SSSR count). The summed E-state index contributed by atoms with van der Waals surface area (Å²) in [5, 5.41) is 8.65. The Labute approximate surface area is 134 Å². The van der Waals surface area contributed by atoms with Gasteiger partial charge < -0.3 is 9.32 Å². The van der Waals surface area contributed by atoms with Crippen LogP contribution in [0.2, 0.25) is 0 Å². The zero-order valence-corrected chi connectivity index (χ0v) is 13.2. The van der Waals surface area contributed by atoms with Gasteiger partial charge in [0, 0.05) is 18.7 Å². The number of nitrogens with zero attached hydrogens (tertiary/aromatic N) is 3. The number of aryl methyl sites for hydroxylation is 1. The van der Waals surface area contributed by atoms with E-state index in [0.717, 1.165) is 31.6 Å². The molecule has 0 atom stereocenters. The third-order valence-electron chi connectivity index (χ3n) is 3.62. The Hall–Kier alpha value is -1.82. The van der Waals surface area contributed by atoms with Crippen molar-refractivity contribution in [2.24, 2.45) is 0 Å². The van der Waals surface area contributed by atoms with Crippen molar-refractivity contribution in [1.82, 2.24) is 15.1 Å². The molecule has 22 heavy (non-hydrogen) atoms. The molecular formula is C16H19N3O2S. The Balaban J connectivity index is 1.41. The molecule has 1 amide bonds. The summed E-state index contributed by atoms with van der Waals surface area (Å²) < 4.78 is 5.59. The summed E-state index contributed by atoms with van der Waals surface area (Å²) in [6.45, 7) is 1.23. The molecular weight excluding hydrogens is 298 g/mol. The number of carbonyl (C=O) groups excluding carboxylic acids is 1. The second kappa shape index (κ2) is 7.45. The quantitative estimate of drug-likeness (QED) is 0.580. The number of carbonyl (C=O) groups is 1. The van der Waals surface area contributed by atoms with Crippen LogP contribution in [0.4, 0.5) is 0 Å². The molecule has 1 aromatic carbocycles. The highest BCUT2D eigenvalue weighted by Gasteiger charge is 2.22.